The Morgan fingerprint density at radius 2 is 1.90 bits per heavy atom. The van der Waals surface area contributed by atoms with E-state index in [0.717, 1.165) is 36.6 Å². The minimum absolute atomic E-state index is 0.151. The summed E-state index contributed by atoms with van der Waals surface area (Å²) < 4.78 is 2.22. The van der Waals surface area contributed by atoms with E-state index in [0.29, 0.717) is 5.75 Å². The van der Waals surface area contributed by atoms with Gasteiger partial charge in [0, 0.05) is 19.0 Å². The average molecular weight is 272 g/mol. The second kappa shape index (κ2) is 5.25. The molecule has 2 N–H and O–H groups in total. The van der Waals surface area contributed by atoms with Gasteiger partial charge in [0.05, 0.1) is 6.04 Å². The highest BCUT2D eigenvalue weighted by Gasteiger charge is 2.22. The van der Waals surface area contributed by atoms with Gasteiger partial charge < -0.3 is 15.0 Å². The second-order valence-electron chi connectivity index (χ2n) is 5.43. The fraction of sp³-hybridized carbons (Fsp3) is 0.467. The second-order valence-corrected chi connectivity index (χ2v) is 5.43. The van der Waals surface area contributed by atoms with E-state index in [1.807, 2.05) is 12.1 Å². The predicted molar refractivity (Wildman–Crippen MR) is 76.4 cm³/mol. The molecule has 1 aliphatic rings. The van der Waals surface area contributed by atoms with Crippen molar-refractivity contribution in [2.45, 2.75) is 45.3 Å². The number of aromatic hydroxyl groups is 1. The predicted octanol–water partition coefficient (Wildman–Crippen LogP) is 2.34. The molecule has 0 spiro atoms. The van der Waals surface area contributed by atoms with Crippen LogP contribution in [0.3, 0.4) is 0 Å². The lowest BCUT2D eigenvalue weighted by molar-refractivity contribution is 0.456. The summed E-state index contributed by atoms with van der Waals surface area (Å²) in [6.07, 6.45) is 2.20. The highest BCUT2D eigenvalue weighted by atomic mass is 16.3. The summed E-state index contributed by atoms with van der Waals surface area (Å²) >= 11 is 0. The highest BCUT2D eigenvalue weighted by Crippen LogP contribution is 2.23. The maximum absolute atomic E-state index is 9.33. The van der Waals surface area contributed by atoms with E-state index in [1.165, 1.54) is 0 Å². The molecule has 0 radical (unpaired) electrons. The molecule has 0 bridgehead atoms. The summed E-state index contributed by atoms with van der Waals surface area (Å²) in [5.41, 5.74) is 1.15. The van der Waals surface area contributed by atoms with Gasteiger partial charge >= 0.3 is 0 Å². The maximum Gasteiger partial charge on any atom is 0.149 e. The van der Waals surface area contributed by atoms with Gasteiger partial charge in [0.25, 0.3) is 0 Å². The molecule has 1 aromatic carbocycles. The van der Waals surface area contributed by atoms with Crippen LogP contribution in [-0.2, 0) is 13.0 Å². The Balaban J connectivity index is 1.72. The normalized spacial score (nSPS) is 16.9. The minimum Gasteiger partial charge on any atom is -0.508 e. The zero-order valence-electron chi connectivity index (χ0n) is 11.9. The highest BCUT2D eigenvalue weighted by molar-refractivity contribution is 5.27. The van der Waals surface area contributed by atoms with Crippen molar-refractivity contribution in [3.8, 4) is 5.75 Å². The van der Waals surface area contributed by atoms with Crippen LogP contribution in [0.4, 0.5) is 0 Å². The van der Waals surface area contributed by atoms with Crippen LogP contribution in [0.5, 0.6) is 5.75 Å². The number of hydrogen-bond acceptors (Lipinski definition) is 4. The van der Waals surface area contributed by atoms with Crippen LogP contribution in [0.1, 0.15) is 49.6 Å². The summed E-state index contributed by atoms with van der Waals surface area (Å²) in [6, 6.07) is 7.65. The fourth-order valence-corrected chi connectivity index (χ4v) is 2.80. The molecule has 106 valence electrons. The number of aryl methyl sites for hydroxylation is 1. The first-order chi connectivity index (χ1) is 9.65. The Hall–Kier alpha value is -1.88. The summed E-state index contributed by atoms with van der Waals surface area (Å²) in [6.45, 7) is 5.26. The molecular weight excluding hydrogens is 252 g/mol. The van der Waals surface area contributed by atoms with Gasteiger partial charge in [-0.2, -0.15) is 0 Å². The van der Waals surface area contributed by atoms with Gasteiger partial charge in [-0.25, -0.2) is 0 Å². The molecule has 2 unspecified atom stereocenters. The van der Waals surface area contributed by atoms with Gasteiger partial charge in [-0.05, 0) is 38.0 Å². The van der Waals surface area contributed by atoms with Gasteiger partial charge in [0.1, 0.15) is 17.4 Å². The molecule has 0 aliphatic carbocycles. The first-order valence-corrected chi connectivity index (χ1v) is 7.12. The van der Waals surface area contributed by atoms with Crippen molar-refractivity contribution in [1.29, 1.82) is 0 Å². The summed E-state index contributed by atoms with van der Waals surface area (Å²) in [5, 5.41) is 21.4. The van der Waals surface area contributed by atoms with E-state index in [4.69, 9.17) is 0 Å². The van der Waals surface area contributed by atoms with Gasteiger partial charge in [-0.1, -0.05) is 12.1 Å². The van der Waals surface area contributed by atoms with E-state index in [2.05, 4.69) is 33.9 Å². The van der Waals surface area contributed by atoms with Crippen LogP contribution < -0.4 is 5.32 Å². The van der Waals surface area contributed by atoms with Gasteiger partial charge in [-0.3, -0.25) is 0 Å². The molecule has 20 heavy (non-hydrogen) atoms. The third-order valence-electron chi connectivity index (χ3n) is 3.92. The van der Waals surface area contributed by atoms with Crippen molar-refractivity contribution in [2.24, 2.45) is 0 Å². The number of nitrogens with one attached hydrogen (secondary N) is 1. The zero-order chi connectivity index (χ0) is 14.1. The van der Waals surface area contributed by atoms with Crippen LogP contribution in [0, 0.1) is 0 Å². The Kier molecular flexibility index (Phi) is 3.44. The van der Waals surface area contributed by atoms with Gasteiger partial charge in [0.15, 0.2) is 0 Å². The average Bonchev–Trinajstić information content (AvgIpc) is 3.01. The molecule has 5 heteroatoms. The van der Waals surface area contributed by atoms with Gasteiger partial charge in [-0.15, -0.1) is 10.2 Å². The van der Waals surface area contributed by atoms with Crippen molar-refractivity contribution in [3.63, 3.8) is 0 Å². The Labute approximate surface area is 118 Å². The van der Waals surface area contributed by atoms with Gasteiger partial charge in [0.2, 0.25) is 0 Å². The quantitative estimate of drug-likeness (QED) is 0.896. The number of benzene rings is 1. The SMILES string of the molecule is CC(NC(C)c1nnc2n1CCC2)c1ccc(O)cc1. The van der Waals surface area contributed by atoms with Crippen LogP contribution >= 0.6 is 0 Å². The van der Waals surface area contributed by atoms with Crippen molar-refractivity contribution >= 4 is 0 Å². The van der Waals surface area contributed by atoms with E-state index in [-0.39, 0.29) is 12.1 Å². The molecule has 1 aliphatic heterocycles. The van der Waals surface area contributed by atoms with Crippen molar-refractivity contribution in [2.75, 3.05) is 0 Å². The largest absolute Gasteiger partial charge is 0.508 e. The Bertz CT molecular complexity index is 590. The van der Waals surface area contributed by atoms with E-state index >= 15 is 0 Å². The number of fused-ring (bicyclic) bond motifs is 1. The molecule has 0 saturated heterocycles. The van der Waals surface area contributed by atoms with Crippen molar-refractivity contribution in [3.05, 3.63) is 41.5 Å². The molecule has 0 fully saturated rings. The van der Waals surface area contributed by atoms with Crippen molar-refractivity contribution < 1.29 is 5.11 Å². The van der Waals surface area contributed by atoms with E-state index < -0.39 is 0 Å². The third-order valence-corrected chi connectivity index (χ3v) is 3.92. The number of hydrogen-bond donors (Lipinski definition) is 2. The standard InChI is InChI=1S/C15H20N4O/c1-10(12-5-7-13(20)8-6-12)16-11(2)15-18-17-14-4-3-9-19(14)15/h5-8,10-11,16,20H,3-4,9H2,1-2H3. The minimum atomic E-state index is 0.151. The maximum atomic E-state index is 9.33. The number of phenols is 1. The molecule has 1 aromatic heterocycles. The molecule has 2 atom stereocenters. The lowest BCUT2D eigenvalue weighted by atomic mass is 10.1. The number of rotatable bonds is 4. The van der Waals surface area contributed by atoms with Crippen LogP contribution in [0.2, 0.25) is 0 Å². The topological polar surface area (TPSA) is 63.0 Å². The molecule has 0 saturated carbocycles. The molecule has 2 heterocycles. The van der Waals surface area contributed by atoms with E-state index in [1.54, 1.807) is 12.1 Å². The van der Waals surface area contributed by atoms with Crippen LogP contribution in [-0.4, -0.2) is 19.9 Å². The monoisotopic (exact) mass is 272 g/mol. The lowest BCUT2D eigenvalue weighted by Crippen LogP contribution is -2.25. The molecule has 5 nitrogen and oxygen atoms in total. The molecular formula is C15H20N4O. The first-order valence-electron chi connectivity index (χ1n) is 7.12. The zero-order valence-corrected chi connectivity index (χ0v) is 11.9. The third kappa shape index (κ3) is 2.41. The molecule has 2 aromatic rings. The molecule has 0 amide bonds. The first kappa shape index (κ1) is 13.1. The number of nitrogens with zero attached hydrogens (tertiary/aromatic N) is 3. The Morgan fingerprint density at radius 1 is 1.15 bits per heavy atom. The Morgan fingerprint density at radius 3 is 2.65 bits per heavy atom. The smallest absolute Gasteiger partial charge is 0.149 e. The summed E-state index contributed by atoms with van der Waals surface area (Å²) in [5.74, 6) is 2.42. The van der Waals surface area contributed by atoms with Crippen LogP contribution in [0.15, 0.2) is 24.3 Å². The number of phenolic OH excluding ortho intramolecular Hbond substituents is 1. The van der Waals surface area contributed by atoms with Crippen LogP contribution in [0.25, 0.3) is 0 Å². The molecule has 3 rings (SSSR count). The van der Waals surface area contributed by atoms with E-state index in [9.17, 15) is 5.11 Å². The number of aromatic nitrogens is 3. The summed E-state index contributed by atoms with van der Waals surface area (Å²) in [7, 11) is 0. The lowest BCUT2D eigenvalue weighted by Gasteiger charge is -2.20. The summed E-state index contributed by atoms with van der Waals surface area (Å²) in [4.78, 5) is 0. The fourth-order valence-electron chi connectivity index (χ4n) is 2.80. The van der Waals surface area contributed by atoms with Crippen molar-refractivity contribution in [1.82, 2.24) is 20.1 Å².